The van der Waals surface area contributed by atoms with Crippen molar-refractivity contribution in [2.24, 2.45) is 0 Å². The minimum Gasteiger partial charge on any atom is -0.390 e. The number of benzene rings is 1. The van der Waals surface area contributed by atoms with E-state index in [-0.39, 0.29) is 12.7 Å². The Morgan fingerprint density at radius 3 is 2.56 bits per heavy atom. The van der Waals surface area contributed by atoms with Gasteiger partial charge in [-0.25, -0.2) is 9.97 Å². The summed E-state index contributed by atoms with van der Waals surface area (Å²) in [6.07, 6.45) is -0.309. The lowest BCUT2D eigenvalue weighted by molar-refractivity contribution is 0.128. The van der Waals surface area contributed by atoms with Gasteiger partial charge in [-0.05, 0) is 18.6 Å². The standard InChI is InChI=1S/C14H16N2O2/c1-10-8-12(9-17)16-14(15-10)13(18-2)11-6-4-3-5-7-11/h3-8,13,17H,9H2,1-2H3. The Hall–Kier alpha value is -1.78. The van der Waals surface area contributed by atoms with Gasteiger partial charge in [0.2, 0.25) is 0 Å². The van der Waals surface area contributed by atoms with Crippen molar-refractivity contribution in [2.75, 3.05) is 7.11 Å². The first-order chi connectivity index (χ1) is 8.74. The lowest BCUT2D eigenvalue weighted by Crippen LogP contribution is -2.10. The first-order valence-corrected chi connectivity index (χ1v) is 5.77. The summed E-state index contributed by atoms with van der Waals surface area (Å²) in [5, 5.41) is 9.18. The molecule has 0 aliphatic rings. The molecule has 2 aromatic rings. The second-order valence-corrected chi connectivity index (χ2v) is 4.04. The summed E-state index contributed by atoms with van der Waals surface area (Å²) >= 11 is 0. The fourth-order valence-electron chi connectivity index (χ4n) is 1.88. The molecule has 4 nitrogen and oxygen atoms in total. The smallest absolute Gasteiger partial charge is 0.162 e. The van der Waals surface area contributed by atoms with Gasteiger partial charge in [-0.1, -0.05) is 30.3 Å². The average molecular weight is 244 g/mol. The van der Waals surface area contributed by atoms with Crippen LogP contribution in [0, 0.1) is 6.92 Å². The number of aromatic nitrogens is 2. The highest BCUT2D eigenvalue weighted by Crippen LogP contribution is 2.22. The van der Waals surface area contributed by atoms with Crippen LogP contribution in [0.4, 0.5) is 0 Å². The molecule has 0 aliphatic heterocycles. The Balaban J connectivity index is 2.42. The van der Waals surface area contributed by atoms with Crippen LogP contribution in [0.3, 0.4) is 0 Å². The van der Waals surface area contributed by atoms with Crippen LogP contribution in [0.25, 0.3) is 0 Å². The van der Waals surface area contributed by atoms with Gasteiger partial charge in [0.25, 0.3) is 0 Å². The van der Waals surface area contributed by atoms with E-state index in [2.05, 4.69) is 9.97 Å². The third-order valence-electron chi connectivity index (χ3n) is 2.66. The number of nitrogens with zero attached hydrogens (tertiary/aromatic N) is 2. The summed E-state index contributed by atoms with van der Waals surface area (Å²) in [6.45, 7) is 1.78. The zero-order valence-corrected chi connectivity index (χ0v) is 10.5. The lowest BCUT2D eigenvalue weighted by atomic mass is 10.1. The van der Waals surface area contributed by atoms with E-state index in [0.29, 0.717) is 11.5 Å². The molecule has 94 valence electrons. The summed E-state index contributed by atoms with van der Waals surface area (Å²) in [5.74, 6) is 0.577. The number of aliphatic hydroxyl groups is 1. The molecule has 1 aromatic carbocycles. The predicted molar refractivity (Wildman–Crippen MR) is 68.0 cm³/mol. The maximum atomic E-state index is 9.18. The molecule has 0 aliphatic carbocycles. The topological polar surface area (TPSA) is 55.2 Å². The van der Waals surface area contributed by atoms with Crippen LogP contribution in [-0.2, 0) is 11.3 Å². The molecule has 1 heterocycles. The minimum atomic E-state index is -0.309. The van der Waals surface area contributed by atoms with Crippen molar-refractivity contribution < 1.29 is 9.84 Å². The van der Waals surface area contributed by atoms with E-state index in [1.165, 1.54) is 0 Å². The Morgan fingerprint density at radius 2 is 1.94 bits per heavy atom. The van der Waals surface area contributed by atoms with E-state index < -0.39 is 0 Å². The van der Waals surface area contributed by atoms with Crippen LogP contribution < -0.4 is 0 Å². The number of rotatable bonds is 4. The molecule has 0 saturated carbocycles. The van der Waals surface area contributed by atoms with Gasteiger partial charge in [0.1, 0.15) is 6.10 Å². The van der Waals surface area contributed by atoms with E-state index in [1.54, 1.807) is 13.2 Å². The Morgan fingerprint density at radius 1 is 1.22 bits per heavy atom. The first-order valence-electron chi connectivity index (χ1n) is 5.77. The molecule has 1 unspecified atom stereocenters. The third-order valence-corrected chi connectivity index (χ3v) is 2.66. The van der Waals surface area contributed by atoms with E-state index in [4.69, 9.17) is 4.74 Å². The van der Waals surface area contributed by atoms with Crippen LogP contribution in [0.5, 0.6) is 0 Å². The van der Waals surface area contributed by atoms with Gasteiger partial charge in [-0.3, -0.25) is 0 Å². The maximum absolute atomic E-state index is 9.18. The molecule has 0 radical (unpaired) electrons. The van der Waals surface area contributed by atoms with E-state index in [9.17, 15) is 5.11 Å². The molecule has 0 amide bonds. The zero-order valence-electron chi connectivity index (χ0n) is 10.5. The summed E-state index contributed by atoms with van der Waals surface area (Å²) in [7, 11) is 1.63. The molecule has 4 heteroatoms. The first kappa shape index (κ1) is 12.7. The van der Waals surface area contributed by atoms with Crippen molar-refractivity contribution >= 4 is 0 Å². The average Bonchev–Trinajstić information content (AvgIpc) is 2.40. The maximum Gasteiger partial charge on any atom is 0.162 e. The third kappa shape index (κ3) is 2.72. The molecule has 18 heavy (non-hydrogen) atoms. The van der Waals surface area contributed by atoms with E-state index >= 15 is 0 Å². The van der Waals surface area contributed by atoms with Gasteiger partial charge in [0.15, 0.2) is 5.82 Å². The van der Waals surface area contributed by atoms with Gasteiger partial charge in [-0.15, -0.1) is 0 Å². The van der Waals surface area contributed by atoms with Crippen LogP contribution in [0.15, 0.2) is 36.4 Å². The van der Waals surface area contributed by atoms with Crippen molar-refractivity contribution in [2.45, 2.75) is 19.6 Å². The van der Waals surface area contributed by atoms with Crippen molar-refractivity contribution in [1.82, 2.24) is 9.97 Å². The van der Waals surface area contributed by atoms with Crippen LogP contribution in [0.1, 0.15) is 28.9 Å². The SMILES string of the molecule is COC(c1ccccc1)c1nc(C)cc(CO)n1. The molecule has 0 fully saturated rings. The highest BCUT2D eigenvalue weighted by Gasteiger charge is 2.17. The summed E-state index contributed by atoms with van der Waals surface area (Å²) in [6, 6.07) is 11.6. The molecular formula is C14H16N2O2. The van der Waals surface area contributed by atoms with Crippen molar-refractivity contribution in [1.29, 1.82) is 0 Å². The molecule has 1 atom stereocenters. The highest BCUT2D eigenvalue weighted by atomic mass is 16.5. The molecular weight excluding hydrogens is 228 g/mol. The Kier molecular flexibility index (Phi) is 4.02. The number of hydrogen-bond acceptors (Lipinski definition) is 4. The minimum absolute atomic E-state index is 0.0957. The molecule has 0 bridgehead atoms. The van der Waals surface area contributed by atoms with Crippen molar-refractivity contribution in [3.05, 3.63) is 59.2 Å². The summed E-state index contributed by atoms with van der Waals surface area (Å²) in [5.41, 5.74) is 2.42. The molecule has 0 spiro atoms. The number of ether oxygens (including phenoxy) is 1. The molecule has 0 saturated heterocycles. The van der Waals surface area contributed by atoms with Gasteiger partial charge < -0.3 is 9.84 Å². The van der Waals surface area contributed by atoms with Crippen molar-refractivity contribution in [3.8, 4) is 0 Å². The van der Waals surface area contributed by atoms with Crippen LogP contribution >= 0.6 is 0 Å². The number of aliphatic hydroxyl groups excluding tert-OH is 1. The Labute approximate surface area is 106 Å². The fourth-order valence-corrected chi connectivity index (χ4v) is 1.88. The lowest BCUT2D eigenvalue weighted by Gasteiger charge is -2.15. The number of methoxy groups -OCH3 is 1. The van der Waals surface area contributed by atoms with Crippen LogP contribution in [-0.4, -0.2) is 22.2 Å². The van der Waals surface area contributed by atoms with Gasteiger partial charge >= 0.3 is 0 Å². The van der Waals surface area contributed by atoms with Gasteiger partial charge in [0, 0.05) is 12.8 Å². The Bertz CT molecular complexity index is 514. The summed E-state index contributed by atoms with van der Waals surface area (Å²) in [4.78, 5) is 8.70. The fraction of sp³-hybridized carbons (Fsp3) is 0.286. The largest absolute Gasteiger partial charge is 0.390 e. The normalized spacial score (nSPS) is 12.4. The van der Waals surface area contributed by atoms with E-state index in [1.807, 2.05) is 37.3 Å². The van der Waals surface area contributed by atoms with Gasteiger partial charge in [0.05, 0.1) is 12.3 Å². The van der Waals surface area contributed by atoms with E-state index in [0.717, 1.165) is 11.3 Å². The quantitative estimate of drug-likeness (QED) is 0.894. The molecule has 1 aromatic heterocycles. The zero-order chi connectivity index (χ0) is 13.0. The number of aryl methyl sites for hydroxylation is 1. The van der Waals surface area contributed by atoms with Crippen molar-refractivity contribution in [3.63, 3.8) is 0 Å². The number of hydrogen-bond donors (Lipinski definition) is 1. The predicted octanol–water partition coefficient (Wildman–Crippen LogP) is 2.01. The summed E-state index contributed by atoms with van der Waals surface area (Å²) < 4.78 is 5.47. The monoisotopic (exact) mass is 244 g/mol. The van der Waals surface area contributed by atoms with Gasteiger partial charge in [-0.2, -0.15) is 0 Å². The molecule has 2 rings (SSSR count). The molecule has 1 N–H and O–H groups in total. The second kappa shape index (κ2) is 5.71. The highest BCUT2D eigenvalue weighted by molar-refractivity contribution is 5.24. The second-order valence-electron chi connectivity index (χ2n) is 4.04. The van der Waals surface area contributed by atoms with Crippen LogP contribution in [0.2, 0.25) is 0 Å².